The van der Waals surface area contributed by atoms with Crippen molar-refractivity contribution in [1.82, 2.24) is 14.5 Å². The zero-order chi connectivity index (χ0) is 20.6. The molecule has 0 spiro atoms. The van der Waals surface area contributed by atoms with Crippen molar-refractivity contribution in [3.63, 3.8) is 0 Å². The van der Waals surface area contributed by atoms with Crippen LogP contribution in [0.3, 0.4) is 0 Å². The van der Waals surface area contributed by atoms with Gasteiger partial charge in [-0.3, -0.25) is 14.3 Å². The minimum absolute atomic E-state index is 0.0717. The monoisotopic (exact) mass is 401 g/mol. The summed E-state index contributed by atoms with van der Waals surface area (Å²) in [7, 11) is 0. The van der Waals surface area contributed by atoms with Gasteiger partial charge < -0.3 is 0 Å². The zero-order valence-corrected chi connectivity index (χ0v) is 16.1. The van der Waals surface area contributed by atoms with Crippen LogP contribution in [0.5, 0.6) is 0 Å². The number of nitrogens with zero attached hydrogens (tertiary/aromatic N) is 3. The lowest BCUT2D eigenvalue weighted by Gasteiger charge is -2.23. The maximum Gasteiger partial charge on any atom is 0.434 e. The summed E-state index contributed by atoms with van der Waals surface area (Å²) in [6.45, 7) is 1.87. The molecule has 0 aliphatic heterocycles. The van der Waals surface area contributed by atoms with Crippen LogP contribution in [-0.2, 0) is 12.6 Å². The standard InChI is InChI=1S/C22H22F3N3O/c1-14(13-15-7-3-2-4-8-15)28-20(16-9-5-6-10-16)27-17-11-12-26-19(22(23,24)25)18(17)21(28)29/h2-4,7-8,11-12,14,16H,5-6,9-10,13H2,1H3. The van der Waals surface area contributed by atoms with E-state index in [2.05, 4.69) is 9.97 Å². The highest BCUT2D eigenvalue weighted by atomic mass is 19.4. The molecule has 0 amide bonds. The molecule has 1 saturated carbocycles. The first-order valence-corrected chi connectivity index (χ1v) is 9.88. The molecule has 1 atom stereocenters. The fraction of sp³-hybridized carbons (Fsp3) is 0.409. The Morgan fingerprint density at radius 2 is 1.83 bits per heavy atom. The van der Waals surface area contributed by atoms with Gasteiger partial charge in [0.15, 0.2) is 5.69 Å². The second kappa shape index (κ2) is 7.61. The number of benzene rings is 1. The normalized spacial score (nSPS) is 16.4. The van der Waals surface area contributed by atoms with E-state index >= 15 is 0 Å². The van der Waals surface area contributed by atoms with E-state index in [1.807, 2.05) is 37.3 Å². The van der Waals surface area contributed by atoms with E-state index in [-0.39, 0.29) is 17.5 Å². The average Bonchev–Trinajstić information content (AvgIpc) is 3.22. The molecule has 1 aliphatic rings. The van der Waals surface area contributed by atoms with Crippen LogP contribution in [0.15, 0.2) is 47.4 Å². The fourth-order valence-electron chi connectivity index (χ4n) is 4.32. The molecular weight excluding hydrogens is 379 g/mol. The van der Waals surface area contributed by atoms with Crippen molar-refractivity contribution < 1.29 is 13.2 Å². The summed E-state index contributed by atoms with van der Waals surface area (Å²) in [5, 5.41) is -0.443. The van der Waals surface area contributed by atoms with Crippen molar-refractivity contribution >= 4 is 10.9 Å². The van der Waals surface area contributed by atoms with Crippen LogP contribution in [0.25, 0.3) is 10.9 Å². The van der Waals surface area contributed by atoms with Gasteiger partial charge in [0.05, 0.1) is 10.9 Å². The molecule has 0 N–H and O–H groups in total. The Bertz CT molecular complexity index is 1070. The molecule has 4 nitrogen and oxygen atoms in total. The Morgan fingerprint density at radius 3 is 2.48 bits per heavy atom. The molecule has 1 aliphatic carbocycles. The third-order valence-corrected chi connectivity index (χ3v) is 5.65. The lowest BCUT2D eigenvalue weighted by Crippen LogP contribution is -2.32. The van der Waals surface area contributed by atoms with Gasteiger partial charge in [-0.1, -0.05) is 43.2 Å². The van der Waals surface area contributed by atoms with Crippen molar-refractivity contribution in [2.75, 3.05) is 0 Å². The number of pyridine rings is 1. The molecule has 2 heterocycles. The molecule has 3 aromatic rings. The SMILES string of the molecule is CC(Cc1ccccc1)n1c(C2CCCC2)nc2ccnc(C(F)(F)F)c2c1=O. The van der Waals surface area contributed by atoms with Crippen molar-refractivity contribution in [2.45, 2.75) is 57.2 Å². The first-order valence-electron chi connectivity index (χ1n) is 9.88. The number of hydrogen-bond donors (Lipinski definition) is 0. The molecule has 0 saturated heterocycles. The summed E-state index contributed by atoms with van der Waals surface area (Å²) in [6, 6.07) is 10.7. The van der Waals surface area contributed by atoms with E-state index in [0.29, 0.717) is 12.2 Å². The summed E-state index contributed by atoms with van der Waals surface area (Å²) in [5.41, 5.74) is -0.721. The predicted octanol–water partition coefficient (Wildman–Crippen LogP) is 5.27. The van der Waals surface area contributed by atoms with Gasteiger partial charge in [-0.05, 0) is 37.8 Å². The van der Waals surface area contributed by atoms with E-state index in [4.69, 9.17) is 0 Å². The summed E-state index contributed by atoms with van der Waals surface area (Å²) < 4.78 is 42.1. The highest BCUT2D eigenvalue weighted by molar-refractivity contribution is 5.80. The van der Waals surface area contributed by atoms with Gasteiger partial charge in [-0.25, -0.2) is 4.98 Å². The van der Waals surface area contributed by atoms with Gasteiger partial charge in [-0.2, -0.15) is 13.2 Å². The van der Waals surface area contributed by atoms with E-state index in [1.165, 1.54) is 10.6 Å². The van der Waals surface area contributed by atoms with Gasteiger partial charge in [0.2, 0.25) is 0 Å². The highest BCUT2D eigenvalue weighted by Crippen LogP contribution is 2.36. The summed E-state index contributed by atoms with van der Waals surface area (Å²) >= 11 is 0. The van der Waals surface area contributed by atoms with Gasteiger partial charge in [0, 0.05) is 18.2 Å². The molecule has 1 unspecified atom stereocenters. The Morgan fingerprint density at radius 1 is 1.14 bits per heavy atom. The molecule has 29 heavy (non-hydrogen) atoms. The first kappa shape index (κ1) is 19.6. The van der Waals surface area contributed by atoms with E-state index in [1.54, 1.807) is 0 Å². The average molecular weight is 401 g/mol. The first-order chi connectivity index (χ1) is 13.9. The molecule has 1 aromatic carbocycles. The minimum Gasteiger partial charge on any atom is -0.293 e. The Labute approximate surface area is 166 Å². The van der Waals surface area contributed by atoms with Crippen LogP contribution < -0.4 is 5.56 Å². The molecule has 1 fully saturated rings. The van der Waals surface area contributed by atoms with Crippen LogP contribution in [0.2, 0.25) is 0 Å². The predicted molar refractivity (Wildman–Crippen MR) is 105 cm³/mol. The lowest BCUT2D eigenvalue weighted by atomic mass is 10.0. The molecule has 7 heteroatoms. The lowest BCUT2D eigenvalue weighted by molar-refractivity contribution is -0.139. The van der Waals surface area contributed by atoms with Crippen LogP contribution in [0.1, 0.15) is 61.6 Å². The largest absolute Gasteiger partial charge is 0.434 e. The third kappa shape index (κ3) is 3.78. The Hall–Kier alpha value is -2.70. The third-order valence-electron chi connectivity index (χ3n) is 5.65. The summed E-state index contributed by atoms with van der Waals surface area (Å²) in [5.74, 6) is 0.690. The number of alkyl halides is 3. The second-order valence-corrected chi connectivity index (χ2v) is 7.72. The van der Waals surface area contributed by atoms with Gasteiger partial charge >= 0.3 is 6.18 Å². The smallest absolute Gasteiger partial charge is 0.293 e. The van der Waals surface area contributed by atoms with Gasteiger partial charge in [-0.15, -0.1) is 0 Å². The number of halogens is 3. The van der Waals surface area contributed by atoms with Crippen molar-refractivity contribution in [2.24, 2.45) is 0 Å². The Balaban J connectivity index is 1.93. The fourth-order valence-corrected chi connectivity index (χ4v) is 4.32. The molecule has 2 aromatic heterocycles. The van der Waals surface area contributed by atoms with E-state index < -0.39 is 22.8 Å². The van der Waals surface area contributed by atoms with Crippen LogP contribution in [0.4, 0.5) is 13.2 Å². The zero-order valence-electron chi connectivity index (χ0n) is 16.1. The number of aromatic nitrogens is 3. The maximum absolute atomic E-state index is 13.5. The molecular formula is C22H22F3N3O. The second-order valence-electron chi connectivity index (χ2n) is 7.72. The molecule has 152 valence electrons. The molecule has 0 bridgehead atoms. The van der Waals surface area contributed by atoms with Crippen LogP contribution >= 0.6 is 0 Å². The van der Waals surface area contributed by atoms with Gasteiger partial charge in [0.1, 0.15) is 5.82 Å². The minimum atomic E-state index is -4.71. The molecule has 0 radical (unpaired) electrons. The van der Waals surface area contributed by atoms with Crippen LogP contribution in [-0.4, -0.2) is 14.5 Å². The Kier molecular flexibility index (Phi) is 5.15. The van der Waals surface area contributed by atoms with Crippen molar-refractivity contribution in [3.05, 3.63) is 70.0 Å². The summed E-state index contributed by atoms with van der Waals surface area (Å²) in [6.07, 6.45) is 0.769. The topological polar surface area (TPSA) is 47.8 Å². The summed E-state index contributed by atoms with van der Waals surface area (Å²) in [4.78, 5) is 21.4. The number of fused-ring (bicyclic) bond motifs is 1. The maximum atomic E-state index is 13.5. The number of hydrogen-bond acceptors (Lipinski definition) is 3. The van der Waals surface area contributed by atoms with E-state index in [9.17, 15) is 18.0 Å². The van der Waals surface area contributed by atoms with Crippen molar-refractivity contribution in [3.8, 4) is 0 Å². The van der Waals surface area contributed by atoms with Gasteiger partial charge in [0.25, 0.3) is 5.56 Å². The van der Waals surface area contributed by atoms with E-state index in [0.717, 1.165) is 37.4 Å². The quantitative estimate of drug-likeness (QED) is 0.598. The van der Waals surface area contributed by atoms with Crippen molar-refractivity contribution in [1.29, 1.82) is 0 Å². The van der Waals surface area contributed by atoms with Crippen LogP contribution in [0, 0.1) is 0 Å². The highest BCUT2D eigenvalue weighted by Gasteiger charge is 2.37. The molecule has 4 rings (SSSR count). The number of rotatable bonds is 4.